The third-order valence-corrected chi connectivity index (χ3v) is 1.95. The van der Waals surface area contributed by atoms with E-state index in [4.69, 9.17) is 9.84 Å². The van der Waals surface area contributed by atoms with Gasteiger partial charge in [-0.3, -0.25) is 0 Å². The van der Waals surface area contributed by atoms with E-state index in [-0.39, 0.29) is 6.61 Å². The fourth-order valence-electron chi connectivity index (χ4n) is 1.25. The van der Waals surface area contributed by atoms with Crippen molar-refractivity contribution >= 4 is 0 Å². The summed E-state index contributed by atoms with van der Waals surface area (Å²) in [5.41, 5.74) is 0. The maximum atomic E-state index is 8.56. The molecular weight excluding hydrogens is 116 g/mol. The van der Waals surface area contributed by atoms with Gasteiger partial charge in [-0.15, -0.1) is 0 Å². The van der Waals surface area contributed by atoms with Crippen LogP contribution in [0.3, 0.4) is 0 Å². The average molecular weight is 130 g/mol. The van der Waals surface area contributed by atoms with Crippen molar-refractivity contribution in [1.82, 2.24) is 0 Å². The summed E-state index contributed by atoms with van der Waals surface area (Å²) in [5.74, 6) is 0.650. The van der Waals surface area contributed by atoms with Gasteiger partial charge in [0.05, 0.1) is 6.10 Å². The number of ether oxygens (including phenoxy) is 1. The molecule has 2 nitrogen and oxygen atoms in total. The first-order valence-electron chi connectivity index (χ1n) is 3.57. The predicted octanol–water partition coefficient (Wildman–Crippen LogP) is 0.794. The van der Waals surface area contributed by atoms with Crippen molar-refractivity contribution in [1.29, 1.82) is 0 Å². The van der Waals surface area contributed by atoms with Crippen molar-refractivity contribution in [2.75, 3.05) is 13.2 Å². The fraction of sp³-hybridized carbons (Fsp3) is 1.00. The molecule has 0 bridgehead atoms. The zero-order valence-electron chi connectivity index (χ0n) is 5.84. The number of aliphatic hydroxyl groups is 1. The Hall–Kier alpha value is -0.0800. The molecule has 1 fully saturated rings. The molecule has 0 aromatic rings. The van der Waals surface area contributed by atoms with Crippen molar-refractivity contribution < 1.29 is 9.84 Å². The summed E-state index contributed by atoms with van der Waals surface area (Å²) in [5, 5.41) is 8.56. The van der Waals surface area contributed by atoms with Crippen molar-refractivity contribution in [3.8, 4) is 0 Å². The molecule has 1 N–H and O–H groups in total. The van der Waals surface area contributed by atoms with Gasteiger partial charge in [0.1, 0.15) is 0 Å². The van der Waals surface area contributed by atoms with Crippen LogP contribution in [0.4, 0.5) is 0 Å². The van der Waals surface area contributed by atoms with E-state index in [1.165, 1.54) is 0 Å². The summed E-state index contributed by atoms with van der Waals surface area (Å²) in [4.78, 5) is 0. The quantitative estimate of drug-likeness (QED) is 0.599. The number of aliphatic hydroxyl groups excluding tert-OH is 1. The summed E-state index contributed by atoms with van der Waals surface area (Å²) in [7, 11) is 0. The molecule has 0 unspecified atom stereocenters. The maximum Gasteiger partial charge on any atom is 0.0623 e. The van der Waals surface area contributed by atoms with Crippen LogP contribution in [0, 0.1) is 5.92 Å². The lowest BCUT2D eigenvalue weighted by molar-refractivity contribution is 0.0706. The molecule has 0 amide bonds. The van der Waals surface area contributed by atoms with Crippen LogP contribution in [0.1, 0.15) is 19.8 Å². The number of rotatable bonds is 2. The summed E-state index contributed by atoms with van der Waals surface area (Å²) in [6.07, 6.45) is 2.29. The molecule has 1 heterocycles. The van der Waals surface area contributed by atoms with E-state index in [1.54, 1.807) is 0 Å². The van der Waals surface area contributed by atoms with Crippen LogP contribution >= 0.6 is 0 Å². The molecule has 0 saturated carbocycles. The van der Waals surface area contributed by atoms with Gasteiger partial charge in [0.25, 0.3) is 0 Å². The summed E-state index contributed by atoms with van der Waals surface area (Å²) in [6, 6.07) is 0. The summed E-state index contributed by atoms with van der Waals surface area (Å²) in [6.45, 7) is 3.31. The van der Waals surface area contributed by atoms with Crippen LogP contribution in [-0.2, 0) is 4.74 Å². The van der Waals surface area contributed by atoms with Gasteiger partial charge in [-0.2, -0.15) is 0 Å². The number of hydrogen-bond acceptors (Lipinski definition) is 2. The number of hydrogen-bond donors (Lipinski definition) is 1. The zero-order chi connectivity index (χ0) is 6.69. The van der Waals surface area contributed by atoms with E-state index < -0.39 is 0 Å². The molecule has 1 rings (SSSR count). The fourth-order valence-corrected chi connectivity index (χ4v) is 1.25. The van der Waals surface area contributed by atoms with E-state index in [0.717, 1.165) is 19.4 Å². The molecule has 1 aliphatic heterocycles. The third kappa shape index (κ3) is 1.66. The Bertz CT molecular complexity index is 83.0. The Kier molecular flexibility index (Phi) is 2.49. The van der Waals surface area contributed by atoms with Crippen molar-refractivity contribution in [2.24, 2.45) is 5.92 Å². The molecule has 2 atom stereocenters. The average Bonchev–Trinajstić information content (AvgIpc) is 2.18. The van der Waals surface area contributed by atoms with E-state index in [1.807, 2.05) is 0 Å². The van der Waals surface area contributed by atoms with Crippen LogP contribution in [0.25, 0.3) is 0 Å². The Morgan fingerprint density at radius 1 is 1.67 bits per heavy atom. The third-order valence-electron chi connectivity index (χ3n) is 1.95. The topological polar surface area (TPSA) is 29.5 Å². The second kappa shape index (κ2) is 3.18. The van der Waals surface area contributed by atoms with Crippen LogP contribution in [0.5, 0.6) is 0 Å². The smallest absolute Gasteiger partial charge is 0.0623 e. The summed E-state index contributed by atoms with van der Waals surface area (Å²) < 4.78 is 5.35. The molecule has 2 heteroatoms. The minimum Gasteiger partial charge on any atom is -0.396 e. The first-order chi connectivity index (χ1) is 4.34. The normalized spacial score (nSPS) is 35.3. The van der Waals surface area contributed by atoms with Gasteiger partial charge in [0.2, 0.25) is 0 Å². The van der Waals surface area contributed by atoms with Gasteiger partial charge in [0, 0.05) is 13.2 Å². The largest absolute Gasteiger partial charge is 0.396 e. The van der Waals surface area contributed by atoms with Crippen LogP contribution in [0.2, 0.25) is 0 Å². The van der Waals surface area contributed by atoms with Crippen molar-refractivity contribution in [3.63, 3.8) is 0 Å². The first kappa shape index (κ1) is 7.03. The molecule has 0 spiro atoms. The Labute approximate surface area is 55.8 Å². The van der Waals surface area contributed by atoms with Crippen LogP contribution in [0.15, 0.2) is 0 Å². The lowest BCUT2D eigenvalue weighted by Gasteiger charge is -2.11. The predicted molar refractivity (Wildman–Crippen MR) is 35.2 cm³/mol. The standard InChI is InChI=1S/C7H14O2/c1-6-3-5-9-7(6)2-4-8/h6-8H,2-5H2,1H3/t6-,7-/m1/s1. The highest BCUT2D eigenvalue weighted by Crippen LogP contribution is 2.21. The Balaban J connectivity index is 2.22. The molecular formula is C7H14O2. The van der Waals surface area contributed by atoms with Gasteiger partial charge in [-0.1, -0.05) is 6.92 Å². The molecule has 0 aromatic heterocycles. The first-order valence-corrected chi connectivity index (χ1v) is 3.57. The molecule has 9 heavy (non-hydrogen) atoms. The minimum absolute atomic E-state index is 0.259. The van der Waals surface area contributed by atoms with Crippen LogP contribution < -0.4 is 0 Å². The Morgan fingerprint density at radius 2 is 2.44 bits per heavy atom. The highest BCUT2D eigenvalue weighted by atomic mass is 16.5. The molecule has 0 aromatic carbocycles. The van der Waals surface area contributed by atoms with Crippen LogP contribution in [-0.4, -0.2) is 24.4 Å². The van der Waals surface area contributed by atoms with Crippen molar-refractivity contribution in [3.05, 3.63) is 0 Å². The van der Waals surface area contributed by atoms with E-state index in [2.05, 4.69) is 6.92 Å². The van der Waals surface area contributed by atoms with Gasteiger partial charge >= 0.3 is 0 Å². The van der Waals surface area contributed by atoms with E-state index in [9.17, 15) is 0 Å². The lowest BCUT2D eigenvalue weighted by Crippen LogP contribution is -2.14. The maximum absolute atomic E-state index is 8.56. The lowest BCUT2D eigenvalue weighted by atomic mass is 10.0. The second-order valence-electron chi connectivity index (χ2n) is 2.69. The van der Waals surface area contributed by atoms with Gasteiger partial charge in [-0.05, 0) is 18.8 Å². The van der Waals surface area contributed by atoms with Gasteiger partial charge in [0.15, 0.2) is 0 Å². The van der Waals surface area contributed by atoms with Crippen molar-refractivity contribution in [2.45, 2.75) is 25.9 Å². The SMILES string of the molecule is C[C@@H]1CCO[C@@H]1CCO. The Morgan fingerprint density at radius 3 is 2.89 bits per heavy atom. The second-order valence-corrected chi connectivity index (χ2v) is 2.69. The molecule has 1 aliphatic rings. The highest BCUT2D eigenvalue weighted by molar-refractivity contribution is 4.71. The van der Waals surface area contributed by atoms with E-state index >= 15 is 0 Å². The minimum atomic E-state index is 0.259. The van der Waals surface area contributed by atoms with Gasteiger partial charge < -0.3 is 9.84 Å². The highest BCUT2D eigenvalue weighted by Gasteiger charge is 2.22. The molecule has 0 radical (unpaired) electrons. The zero-order valence-corrected chi connectivity index (χ0v) is 5.84. The molecule has 0 aliphatic carbocycles. The summed E-state index contributed by atoms with van der Waals surface area (Å²) >= 11 is 0. The monoisotopic (exact) mass is 130 g/mol. The van der Waals surface area contributed by atoms with E-state index in [0.29, 0.717) is 12.0 Å². The molecule has 1 saturated heterocycles. The molecule has 54 valence electrons. The van der Waals surface area contributed by atoms with Gasteiger partial charge in [-0.25, -0.2) is 0 Å².